The molecule has 0 unspecified atom stereocenters. The molecule has 3 aliphatic rings. The number of hydrogen-bond acceptors (Lipinski definition) is 8. The minimum atomic E-state index is -0.351. The summed E-state index contributed by atoms with van der Waals surface area (Å²) in [6.45, 7) is 8.01. The van der Waals surface area contributed by atoms with E-state index < -0.39 is 0 Å². The Morgan fingerprint density at radius 3 is 2.83 bits per heavy atom. The fourth-order valence-corrected chi connectivity index (χ4v) is 5.07. The van der Waals surface area contributed by atoms with Crippen LogP contribution in [0.2, 0.25) is 0 Å². The number of aliphatic imine (C=N–C) groups is 1. The summed E-state index contributed by atoms with van der Waals surface area (Å²) in [5.41, 5.74) is 0.941. The van der Waals surface area contributed by atoms with E-state index in [1.54, 1.807) is 18.5 Å². The molecule has 2 fully saturated rings. The number of ether oxygens (including phenoxy) is 2. The lowest BCUT2D eigenvalue weighted by Gasteiger charge is -2.38. The minimum Gasteiger partial charge on any atom is -0.494 e. The first-order valence-corrected chi connectivity index (χ1v) is 12.9. The first kappa shape index (κ1) is 24.5. The number of rotatable bonds is 8. The normalized spacial score (nSPS) is 18.6. The molecule has 3 aliphatic heterocycles. The topological polar surface area (TPSA) is 78.3 Å². The number of methoxy groups -OCH3 is 1. The lowest BCUT2D eigenvalue weighted by Crippen LogP contribution is -2.46. The van der Waals surface area contributed by atoms with E-state index in [0.717, 1.165) is 74.3 Å². The Bertz CT molecular complexity index is 1070. The van der Waals surface area contributed by atoms with Gasteiger partial charge in [-0.05, 0) is 50.0 Å². The summed E-state index contributed by atoms with van der Waals surface area (Å²) in [6, 6.07) is 4.98. The molecule has 1 aromatic carbocycles. The van der Waals surface area contributed by atoms with Crippen molar-refractivity contribution in [3.8, 4) is 11.5 Å². The second-order valence-electron chi connectivity index (χ2n) is 9.67. The van der Waals surface area contributed by atoms with Crippen molar-refractivity contribution in [2.75, 3.05) is 76.8 Å². The number of fused-ring (bicyclic) bond motifs is 1. The third-order valence-electron chi connectivity index (χ3n) is 7.32. The molecule has 0 bridgehead atoms. The Balaban J connectivity index is 1.29. The van der Waals surface area contributed by atoms with Crippen molar-refractivity contribution < 1.29 is 13.9 Å². The fourth-order valence-electron chi connectivity index (χ4n) is 5.07. The Labute approximate surface area is 212 Å². The summed E-state index contributed by atoms with van der Waals surface area (Å²) in [5, 5.41) is 3.30. The molecule has 0 atom stereocenters. The van der Waals surface area contributed by atoms with Crippen LogP contribution in [0.1, 0.15) is 24.8 Å². The van der Waals surface area contributed by atoms with E-state index in [2.05, 4.69) is 37.0 Å². The van der Waals surface area contributed by atoms with Gasteiger partial charge >= 0.3 is 0 Å². The number of hydrogen-bond donors (Lipinski definition) is 1. The summed E-state index contributed by atoms with van der Waals surface area (Å²) in [6.07, 6.45) is 4.86. The molecule has 1 aromatic heterocycles. The Morgan fingerprint density at radius 2 is 2.08 bits per heavy atom. The van der Waals surface area contributed by atoms with Crippen molar-refractivity contribution in [2.45, 2.75) is 25.8 Å². The van der Waals surface area contributed by atoms with Crippen molar-refractivity contribution in [1.29, 1.82) is 0 Å². The van der Waals surface area contributed by atoms with Crippen LogP contribution >= 0.6 is 0 Å². The first-order chi connectivity index (χ1) is 17.6. The van der Waals surface area contributed by atoms with Crippen molar-refractivity contribution in [3.63, 3.8) is 0 Å². The molecule has 0 saturated carbocycles. The smallest absolute Gasteiger partial charge is 0.204 e. The predicted molar refractivity (Wildman–Crippen MR) is 139 cm³/mol. The highest BCUT2D eigenvalue weighted by Gasteiger charge is 2.29. The molecule has 2 aromatic rings. The molecule has 2 saturated heterocycles. The molecule has 0 aliphatic carbocycles. The minimum absolute atomic E-state index is 0.258. The SMILES string of the molecule is COc1cc(CN=C(C2CCN(c3ncnc4c3OCCN4)CC2)N(C)CCN2CCC2)ccc1F. The van der Waals surface area contributed by atoms with Crippen molar-refractivity contribution in [3.05, 3.63) is 35.9 Å². The standard InChI is InChI=1S/C26H36FN7O2/c1-32(13-14-33-9-3-10-33)25(29-17-19-4-5-21(27)22(16-19)35-2)20-6-11-34(12-7-20)26-23-24(30-18-31-26)28-8-15-36-23/h4-5,16,18,20H,3,6-15,17H2,1-2H3,(H,28,30,31). The van der Waals surface area contributed by atoms with Crippen molar-refractivity contribution in [2.24, 2.45) is 10.9 Å². The number of likely N-dealkylation sites (tertiary alicyclic amines) is 1. The molecule has 194 valence electrons. The maximum absolute atomic E-state index is 13.9. The summed E-state index contributed by atoms with van der Waals surface area (Å²) < 4.78 is 25.0. The van der Waals surface area contributed by atoms with Crippen molar-refractivity contribution in [1.82, 2.24) is 19.8 Å². The number of anilines is 2. The second kappa shape index (κ2) is 11.3. The molecule has 1 N–H and O–H groups in total. The average molecular weight is 498 g/mol. The molecule has 36 heavy (non-hydrogen) atoms. The number of piperidine rings is 1. The van der Waals surface area contributed by atoms with Crippen LogP contribution in [-0.2, 0) is 6.54 Å². The van der Waals surface area contributed by atoms with Gasteiger partial charge in [-0.3, -0.25) is 4.99 Å². The van der Waals surface area contributed by atoms with Gasteiger partial charge in [-0.1, -0.05) is 6.07 Å². The maximum Gasteiger partial charge on any atom is 0.204 e. The number of benzene rings is 1. The monoisotopic (exact) mass is 497 g/mol. The van der Waals surface area contributed by atoms with Gasteiger partial charge in [0.25, 0.3) is 0 Å². The number of likely N-dealkylation sites (N-methyl/N-ethyl adjacent to an activating group) is 1. The van der Waals surface area contributed by atoms with Gasteiger partial charge in [-0.25, -0.2) is 14.4 Å². The molecule has 4 heterocycles. The first-order valence-electron chi connectivity index (χ1n) is 12.9. The molecule has 0 amide bonds. The van der Waals surface area contributed by atoms with Gasteiger partial charge in [0.1, 0.15) is 18.8 Å². The molecular weight excluding hydrogens is 461 g/mol. The van der Waals surface area contributed by atoms with Gasteiger partial charge in [0.15, 0.2) is 23.2 Å². The molecule has 0 radical (unpaired) electrons. The zero-order valence-corrected chi connectivity index (χ0v) is 21.2. The predicted octanol–water partition coefficient (Wildman–Crippen LogP) is 2.88. The second-order valence-corrected chi connectivity index (χ2v) is 9.67. The van der Waals surface area contributed by atoms with E-state index in [4.69, 9.17) is 14.5 Å². The van der Waals surface area contributed by atoms with Crippen LogP contribution in [0.5, 0.6) is 11.5 Å². The van der Waals surface area contributed by atoms with E-state index in [1.165, 1.54) is 32.7 Å². The Kier molecular flexibility index (Phi) is 7.69. The lowest BCUT2D eigenvalue weighted by atomic mass is 9.94. The van der Waals surface area contributed by atoms with E-state index in [1.807, 2.05) is 0 Å². The van der Waals surface area contributed by atoms with Gasteiger partial charge in [-0.2, -0.15) is 0 Å². The highest BCUT2D eigenvalue weighted by molar-refractivity contribution is 5.85. The Morgan fingerprint density at radius 1 is 1.25 bits per heavy atom. The zero-order chi connectivity index (χ0) is 24.9. The lowest BCUT2D eigenvalue weighted by molar-refractivity contribution is 0.171. The average Bonchev–Trinajstić information content (AvgIpc) is 2.89. The number of aromatic nitrogens is 2. The number of nitrogens with one attached hydrogen (secondary N) is 1. The maximum atomic E-state index is 13.9. The summed E-state index contributed by atoms with van der Waals surface area (Å²) in [4.78, 5) is 21.0. The van der Waals surface area contributed by atoms with Crippen LogP contribution in [0.3, 0.4) is 0 Å². The highest BCUT2D eigenvalue weighted by Crippen LogP contribution is 2.36. The third-order valence-corrected chi connectivity index (χ3v) is 7.32. The molecule has 9 nitrogen and oxygen atoms in total. The van der Waals surface area contributed by atoms with Gasteiger partial charge < -0.3 is 29.5 Å². The van der Waals surface area contributed by atoms with E-state index in [0.29, 0.717) is 19.1 Å². The van der Waals surface area contributed by atoms with E-state index in [9.17, 15) is 4.39 Å². The number of halogens is 1. The van der Waals surface area contributed by atoms with Crippen LogP contribution in [-0.4, -0.2) is 92.2 Å². The quantitative estimate of drug-likeness (QED) is 0.441. The van der Waals surface area contributed by atoms with Gasteiger partial charge in [0, 0.05) is 39.1 Å². The molecular formula is C26H36FN7O2. The van der Waals surface area contributed by atoms with Gasteiger partial charge in [-0.15, -0.1) is 0 Å². The third kappa shape index (κ3) is 5.48. The van der Waals surface area contributed by atoms with Gasteiger partial charge in [0.05, 0.1) is 20.2 Å². The van der Waals surface area contributed by atoms with E-state index >= 15 is 0 Å². The Hall–Kier alpha value is -3.14. The van der Waals surface area contributed by atoms with Gasteiger partial charge in [0.2, 0.25) is 5.75 Å². The molecule has 0 spiro atoms. The van der Waals surface area contributed by atoms with Crippen LogP contribution in [0.4, 0.5) is 16.0 Å². The van der Waals surface area contributed by atoms with Crippen LogP contribution in [0.25, 0.3) is 0 Å². The fraction of sp³-hybridized carbons (Fsp3) is 0.577. The van der Waals surface area contributed by atoms with E-state index in [-0.39, 0.29) is 11.6 Å². The van der Waals surface area contributed by atoms with Crippen LogP contribution in [0, 0.1) is 11.7 Å². The summed E-state index contributed by atoms with van der Waals surface area (Å²) in [7, 11) is 3.64. The molecule has 10 heteroatoms. The van der Waals surface area contributed by atoms with Crippen LogP contribution in [0.15, 0.2) is 29.5 Å². The largest absolute Gasteiger partial charge is 0.494 e. The van der Waals surface area contributed by atoms with Crippen LogP contribution < -0.4 is 19.7 Å². The van der Waals surface area contributed by atoms with Crippen molar-refractivity contribution >= 4 is 17.5 Å². The molecule has 5 rings (SSSR count). The summed E-state index contributed by atoms with van der Waals surface area (Å²) >= 11 is 0. The number of amidine groups is 1. The number of nitrogens with zero attached hydrogens (tertiary/aromatic N) is 6. The highest BCUT2D eigenvalue weighted by atomic mass is 19.1. The zero-order valence-electron chi connectivity index (χ0n) is 21.2. The summed E-state index contributed by atoms with van der Waals surface area (Å²) in [5.74, 6) is 3.78.